The Balaban J connectivity index is 1.84. The molecule has 0 saturated carbocycles. The van der Waals surface area contributed by atoms with Crippen LogP contribution in [0.2, 0.25) is 0 Å². The lowest BCUT2D eigenvalue weighted by Crippen LogP contribution is -2.36. The van der Waals surface area contributed by atoms with Crippen LogP contribution in [-0.2, 0) is 13.0 Å². The number of amides is 2. The van der Waals surface area contributed by atoms with Crippen molar-refractivity contribution in [2.75, 3.05) is 20.6 Å². The van der Waals surface area contributed by atoms with Crippen LogP contribution in [0.4, 0.5) is 9.18 Å². The Morgan fingerprint density at radius 1 is 1.45 bits per heavy atom. The van der Waals surface area contributed by atoms with Crippen LogP contribution in [0.25, 0.3) is 0 Å². The lowest BCUT2D eigenvalue weighted by atomic mass is 10.3. The molecular weight excluding hydrogens is 291 g/mol. The van der Waals surface area contributed by atoms with E-state index < -0.39 is 5.82 Å². The number of rotatable bonds is 6. The summed E-state index contributed by atoms with van der Waals surface area (Å²) in [5, 5.41) is 6.31. The van der Waals surface area contributed by atoms with Gasteiger partial charge in [0, 0.05) is 27.1 Å². The highest BCUT2D eigenvalue weighted by Gasteiger charge is 2.11. The Labute approximate surface area is 127 Å². The van der Waals surface area contributed by atoms with Gasteiger partial charge in [-0.25, -0.2) is 9.18 Å². The lowest BCUT2D eigenvalue weighted by molar-refractivity contribution is 0.211. The average Bonchev–Trinajstić information content (AvgIpc) is 2.99. The first kappa shape index (κ1) is 15.7. The number of carbonyl (C=O) groups excluding carboxylic acids is 1. The zero-order chi connectivity index (χ0) is 15.9. The molecule has 1 aromatic heterocycles. The SMILES string of the molecule is CNC(=O)N(C)CCc1noc(COc2ccccc2F)n1. The fourth-order valence-corrected chi connectivity index (χ4v) is 1.71. The molecule has 1 N–H and O–H groups in total. The van der Waals surface area contributed by atoms with Crippen molar-refractivity contribution in [2.24, 2.45) is 0 Å². The first-order valence-corrected chi connectivity index (χ1v) is 6.71. The molecule has 8 heteroatoms. The van der Waals surface area contributed by atoms with Crippen LogP contribution in [0, 0.1) is 5.82 Å². The molecule has 7 nitrogen and oxygen atoms in total. The van der Waals surface area contributed by atoms with E-state index in [0.717, 1.165) is 0 Å². The predicted octanol–water partition coefficient (Wildman–Crippen LogP) is 1.60. The van der Waals surface area contributed by atoms with Gasteiger partial charge in [0.15, 0.2) is 24.0 Å². The van der Waals surface area contributed by atoms with Gasteiger partial charge in [0.2, 0.25) is 0 Å². The maximum Gasteiger partial charge on any atom is 0.316 e. The van der Waals surface area contributed by atoms with Gasteiger partial charge in [0.05, 0.1) is 0 Å². The molecule has 0 fully saturated rings. The van der Waals surface area contributed by atoms with Gasteiger partial charge in [0.1, 0.15) is 0 Å². The summed E-state index contributed by atoms with van der Waals surface area (Å²) < 4.78 is 23.7. The molecule has 0 aliphatic rings. The number of carbonyl (C=O) groups is 1. The van der Waals surface area contributed by atoms with Crippen LogP contribution in [0.3, 0.4) is 0 Å². The van der Waals surface area contributed by atoms with E-state index in [-0.39, 0.29) is 24.3 Å². The van der Waals surface area contributed by atoms with Crippen LogP contribution >= 0.6 is 0 Å². The molecule has 1 heterocycles. The summed E-state index contributed by atoms with van der Waals surface area (Å²) in [7, 11) is 3.23. The number of nitrogens with zero attached hydrogens (tertiary/aromatic N) is 3. The highest BCUT2D eigenvalue weighted by atomic mass is 19.1. The first-order valence-electron chi connectivity index (χ1n) is 6.71. The molecule has 118 valence electrons. The summed E-state index contributed by atoms with van der Waals surface area (Å²) in [6.07, 6.45) is 0.452. The summed E-state index contributed by atoms with van der Waals surface area (Å²) in [6.45, 7) is 0.437. The maximum atomic E-state index is 13.4. The first-order chi connectivity index (χ1) is 10.6. The zero-order valence-corrected chi connectivity index (χ0v) is 12.4. The van der Waals surface area contributed by atoms with Crippen molar-refractivity contribution in [3.8, 4) is 5.75 Å². The molecule has 0 atom stereocenters. The Hall–Kier alpha value is -2.64. The van der Waals surface area contributed by atoms with Crippen LogP contribution in [-0.4, -0.2) is 41.7 Å². The molecule has 2 aromatic rings. The smallest absolute Gasteiger partial charge is 0.316 e. The normalized spacial score (nSPS) is 10.3. The third-order valence-corrected chi connectivity index (χ3v) is 2.93. The minimum Gasteiger partial charge on any atom is -0.481 e. The summed E-state index contributed by atoms with van der Waals surface area (Å²) >= 11 is 0. The van der Waals surface area contributed by atoms with Crippen molar-refractivity contribution in [3.05, 3.63) is 41.8 Å². The summed E-state index contributed by atoms with van der Waals surface area (Å²) in [5.41, 5.74) is 0. The van der Waals surface area contributed by atoms with Gasteiger partial charge in [0.25, 0.3) is 5.89 Å². The van der Waals surface area contributed by atoms with Gasteiger partial charge in [-0.05, 0) is 12.1 Å². The van der Waals surface area contributed by atoms with E-state index in [0.29, 0.717) is 18.8 Å². The second kappa shape index (κ2) is 7.39. The van der Waals surface area contributed by atoms with Gasteiger partial charge >= 0.3 is 6.03 Å². The average molecular weight is 308 g/mol. The molecule has 0 saturated heterocycles. The van der Waals surface area contributed by atoms with E-state index in [4.69, 9.17) is 9.26 Å². The predicted molar refractivity (Wildman–Crippen MR) is 75.8 cm³/mol. The fourth-order valence-electron chi connectivity index (χ4n) is 1.71. The van der Waals surface area contributed by atoms with Crippen LogP contribution < -0.4 is 10.1 Å². The number of likely N-dealkylation sites (N-methyl/N-ethyl adjacent to an activating group) is 1. The summed E-state index contributed by atoms with van der Waals surface area (Å²) in [4.78, 5) is 17.0. The van der Waals surface area contributed by atoms with Crippen LogP contribution in [0.15, 0.2) is 28.8 Å². The molecule has 2 amide bonds. The van der Waals surface area contributed by atoms with Gasteiger partial charge < -0.3 is 19.5 Å². The van der Waals surface area contributed by atoms with Gasteiger partial charge in [-0.15, -0.1) is 0 Å². The number of ether oxygens (including phenoxy) is 1. The molecule has 1 aromatic carbocycles. The van der Waals surface area contributed by atoms with Gasteiger partial charge in [-0.2, -0.15) is 4.98 Å². The van der Waals surface area contributed by atoms with Crippen molar-refractivity contribution >= 4 is 6.03 Å². The Morgan fingerprint density at radius 2 is 2.23 bits per heavy atom. The Kier molecular flexibility index (Phi) is 5.29. The molecule has 0 aliphatic carbocycles. The molecule has 22 heavy (non-hydrogen) atoms. The number of hydrogen-bond donors (Lipinski definition) is 1. The molecule has 2 rings (SSSR count). The van der Waals surface area contributed by atoms with Crippen molar-refractivity contribution in [1.29, 1.82) is 0 Å². The largest absolute Gasteiger partial charge is 0.481 e. The monoisotopic (exact) mass is 308 g/mol. The molecular formula is C14H17FN4O3. The molecule has 0 bridgehead atoms. The van der Waals surface area contributed by atoms with Crippen molar-refractivity contribution in [1.82, 2.24) is 20.4 Å². The maximum absolute atomic E-state index is 13.4. The summed E-state index contributed by atoms with van der Waals surface area (Å²) in [6, 6.07) is 5.89. The minimum atomic E-state index is -0.450. The third kappa shape index (κ3) is 4.18. The number of urea groups is 1. The second-order valence-corrected chi connectivity index (χ2v) is 4.55. The lowest BCUT2D eigenvalue weighted by Gasteiger charge is -2.14. The van der Waals surface area contributed by atoms with E-state index in [2.05, 4.69) is 15.5 Å². The number of benzene rings is 1. The Morgan fingerprint density at radius 3 is 2.95 bits per heavy atom. The topological polar surface area (TPSA) is 80.5 Å². The number of para-hydroxylation sites is 1. The number of hydrogen-bond acceptors (Lipinski definition) is 5. The van der Waals surface area contributed by atoms with E-state index in [1.807, 2.05) is 0 Å². The number of aromatic nitrogens is 2. The highest BCUT2D eigenvalue weighted by molar-refractivity contribution is 5.73. The van der Waals surface area contributed by atoms with Crippen molar-refractivity contribution < 1.29 is 18.4 Å². The minimum absolute atomic E-state index is 0.0147. The fraction of sp³-hybridized carbons (Fsp3) is 0.357. The summed E-state index contributed by atoms with van der Waals surface area (Å²) in [5.74, 6) is 0.389. The van der Waals surface area contributed by atoms with Crippen LogP contribution in [0.1, 0.15) is 11.7 Å². The standard InChI is InChI=1S/C14H17FN4O3/c1-16-14(20)19(2)8-7-12-17-13(22-18-12)9-21-11-6-4-3-5-10(11)15/h3-6H,7-9H2,1-2H3,(H,16,20). The molecule has 0 spiro atoms. The van der Waals surface area contributed by atoms with E-state index in [1.54, 1.807) is 26.2 Å². The highest BCUT2D eigenvalue weighted by Crippen LogP contribution is 2.16. The third-order valence-electron chi connectivity index (χ3n) is 2.93. The molecule has 0 aliphatic heterocycles. The van der Waals surface area contributed by atoms with Gasteiger partial charge in [-0.3, -0.25) is 0 Å². The van der Waals surface area contributed by atoms with Crippen molar-refractivity contribution in [3.63, 3.8) is 0 Å². The quantitative estimate of drug-likeness (QED) is 0.876. The zero-order valence-electron chi connectivity index (χ0n) is 12.4. The molecule has 0 radical (unpaired) electrons. The van der Waals surface area contributed by atoms with Crippen LogP contribution in [0.5, 0.6) is 5.75 Å². The number of nitrogens with one attached hydrogen (secondary N) is 1. The Bertz CT molecular complexity index is 632. The van der Waals surface area contributed by atoms with E-state index in [9.17, 15) is 9.18 Å². The van der Waals surface area contributed by atoms with Gasteiger partial charge in [-0.1, -0.05) is 17.3 Å². The van der Waals surface area contributed by atoms with E-state index in [1.165, 1.54) is 17.0 Å². The second-order valence-electron chi connectivity index (χ2n) is 4.55. The van der Waals surface area contributed by atoms with E-state index >= 15 is 0 Å². The number of halogens is 1. The molecule has 0 unspecified atom stereocenters. The van der Waals surface area contributed by atoms with Crippen molar-refractivity contribution in [2.45, 2.75) is 13.0 Å².